The van der Waals surface area contributed by atoms with E-state index in [1.807, 2.05) is 0 Å². The Hall–Kier alpha value is -2.05. The van der Waals surface area contributed by atoms with Crippen LogP contribution in [0.2, 0.25) is 0 Å². The predicted octanol–water partition coefficient (Wildman–Crippen LogP) is -0.106. The highest BCUT2D eigenvalue weighted by molar-refractivity contribution is 7.92. The first-order chi connectivity index (χ1) is 12.6. The van der Waals surface area contributed by atoms with E-state index in [-0.39, 0.29) is 23.0 Å². The van der Waals surface area contributed by atoms with Crippen LogP contribution >= 0.6 is 0 Å². The zero-order valence-corrected chi connectivity index (χ0v) is 16.7. The van der Waals surface area contributed by atoms with Crippen LogP contribution in [0.25, 0.3) is 0 Å². The first kappa shape index (κ1) is 21.3. The molecule has 1 fully saturated rings. The van der Waals surface area contributed by atoms with Gasteiger partial charge >= 0.3 is 6.09 Å². The molecule has 1 saturated heterocycles. The third-order valence-corrected chi connectivity index (χ3v) is 7.14. The molecule has 27 heavy (non-hydrogen) atoms. The van der Waals surface area contributed by atoms with E-state index >= 15 is 0 Å². The van der Waals surface area contributed by atoms with Gasteiger partial charge in [0.15, 0.2) is 9.84 Å². The maximum absolute atomic E-state index is 12.8. The lowest BCUT2D eigenvalue weighted by Crippen LogP contribution is -2.51. The summed E-state index contributed by atoms with van der Waals surface area (Å²) in [5.74, 6) is -0.487. The van der Waals surface area contributed by atoms with Crippen LogP contribution in [0.5, 0.6) is 11.5 Å². The number of hydrogen-bond acceptors (Lipinski definition) is 8. The van der Waals surface area contributed by atoms with Gasteiger partial charge in [-0.2, -0.15) is 0 Å². The lowest BCUT2D eigenvalue weighted by molar-refractivity contribution is 0.148. The standard InChI is InChI=1S/C15H22N2O8S2/c1-4-25-15(18)16-11-8-26(19,20)9-12(11)17-27(21,22)14-7-10(23-2)5-6-13(14)24-3/h5-7,11-12,17H,4,8-9H2,1-3H3,(H,16,18)/t11-,12+/m0/s1. The van der Waals surface area contributed by atoms with E-state index in [0.29, 0.717) is 0 Å². The molecule has 2 atom stereocenters. The summed E-state index contributed by atoms with van der Waals surface area (Å²) in [6.07, 6.45) is -0.817. The lowest BCUT2D eigenvalue weighted by Gasteiger charge is -2.21. The number of hydrogen-bond donors (Lipinski definition) is 2. The molecule has 0 spiro atoms. The van der Waals surface area contributed by atoms with Gasteiger partial charge in [-0.3, -0.25) is 0 Å². The maximum Gasteiger partial charge on any atom is 0.407 e. The van der Waals surface area contributed by atoms with E-state index in [1.165, 1.54) is 32.4 Å². The van der Waals surface area contributed by atoms with Gasteiger partial charge in [0, 0.05) is 6.07 Å². The highest BCUT2D eigenvalue weighted by Crippen LogP contribution is 2.29. The van der Waals surface area contributed by atoms with Gasteiger partial charge in [0.1, 0.15) is 16.4 Å². The molecule has 1 amide bonds. The van der Waals surface area contributed by atoms with Gasteiger partial charge in [0.05, 0.1) is 44.4 Å². The average molecular weight is 422 g/mol. The quantitative estimate of drug-likeness (QED) is 0.621. The maximum atomic E-state index is 12.8. The van der Waals surface area contributed by atoms with Gasteiger partial charge < -0.3 is 19.5 Å². The number of sulfone groups is 1. The summed E-state index contributed by atoms with van der Waals surface area (Å²) in [7, 11) is -5.01. The largest absolute Gasteiger partial charge is 0.497 e. The first-order valence-electron chi connectivity index (χ1n) is 8.00. The summed E-state index contributed by atoms with van der Waals surface area (Å²) in [5, 5.41) is 2.39. The number of benzene rings is 1. The van der Waals surface area contributed by atoms with E-state index in [1.54, 1.807) is 6.92 Å². The number of nitrogens with one attached hydrogen (secondary N) is 2. The molecule has 1 aromatic carbocycles. The van der Waals surface area contributed by atoms with Crippen LogP contribution < -0.4 is 19.5 Å². The molecule has 1 aromatic rings. The van der Waals surface area contributed by atoms with Gasteiger partial charge in [-0.05, 0) is 19.1 Å². The molecule has 2 N–H and O–H groups in total. The summed E-state index contributed by atoms with van der Waals surface area (Å²) < 4.78 is 66.8. The fourth-order valence-corrected chi connectivity index (χ4v) is 6.11. The van der Waals surface area contributed by atoms with Crippen molar-refractivity contribution in [3.8, 4) is 11.5 Å². The minimum absolute atomic E-state index is 0.0686. The summed E-state index contributed by atoms with van der Waals surface area (Å²) in [4.78, 5) is 11.4. The van der Waals surface area contributed by atoms with E-state index < -0.39 is 49.5 Å². The van der Waals surface area contributed by atoms with E-state index in [0.717, 1.165) is 0 Å². The number of carbonyl (C=O) groups is 1. The monoisotopic (exact) mass is 422 g/mol. The van der Waals surface area contributed by atoms with Crippen LogP contribution in [0.3, 0.4) is 0 Å². The minimum atomic E-state index is -4.16. The second-order valence-electron chi connectivity index (χ2n) is 5.79. The van der Waals surface area contributed by atoms with Gasteiger partial charge in [0.2, 0.25) is 10.0 Å². The molecule has 0 saturated carbocycles. The molecule has 10 nitrogen and oxygen atoms in total. The Labute approximate surface area is 158 Å². The molecule has 1 aliphatic heterocycles. The molecule has 0 aromatic heterocycles. The lowest BCUT2D eigenvalue weighted by atomic mass is 10.2. The summed E-state index contributed by atoms with van der Waals surface area (Å²) in [6.45, 7) is 1.70. The Balaban J connectivity index is 2.30. The van der Waals surface area contributed by atoms with Gasteiger partial charge in [-0.1, -0.05) is 0 Å². The molecule has 2 rings (SSSR count). The summed E-state index contributed by atoms with van der Waals surface area (Å²) in [6, 6.07) is 2.20. The molecule has 0 radical (unpaired) electrons. The van der Waals surface area contributed by atoms with Crippen LogP contribution in [0.1, 0.15) is 6.92 Å². The predicted molar refractivity (Wildman–Crippen MR) is 96.3 cm³/mol. The number of methoxy groups -OCH3 is 2. The highest BCUT2D eigenvalue weighted by Gasteiger charge is 2.41. The van der Waals surface area contributed by atoms with Gasteiger partial charge in [-0.25, -0.2) is 26.4 Å². The van der Waals surface area contributed by atoms with Crippen LogP contribution in [0, 0.1) is 0 Å². The number of alkyl carbamates (subject to hydrolysis) is 1. The van der Waals surface area contributed by atoms with Crippen molar-refractivity contribution in [2.75, 3.05) is 32.3 Å². The molecule has 152 valence electrons. The molecule has 0 unspecified atom stereocenters. The zero-order chi connectivity index (χ0) is 20.2. The topological polar surface area (TPSA) is 137 Å². The third kappa shape index (κ3) is 5.23. The highest BCUT2D eigenvalue weighted by atomic mass is 32.2. The normalized spacial score (nSPS) is 21.4. The van der Waals surface area contributed by atoms with Crippen molar-refractivity contribution in [2.24, 2.45) is 0 Å². The smallest absolute Gasteiger partial charge is 0.407 e. The molecular formula is C15H22N2O8S2. The number of carbonyl (C=O) groups excluding carboxylic acids is 1. The van der Waals surface area contributed by atoms with Crippen molar-refractivity contribution in [1.29, 1.82) is 0 Å². The Bertz CT molecular complexity index is 898. The Kier molecular flexibility index (Phi) is 6.54. The SMILES string of the molecule is CCOC(=O)N[C@H]1CS(=O)(=O)C[C@H]1NS(=O)(=O)c1cc(OC)ccc1OC. The Morgan fingerprint density at radius 2 is 1.85 bits per heavy atom. The van der Waals surface area contributed by atoms with Crippen LogP contribution in [0.15, 0.2) is 23.1 Å². The first-order valence-corrected chi connectivity index (χ1v) is 11.3. The van der Waals surface area contributed by atoms with Crippen molar-refractivity contribution in [3.63, 3.8) is 0 Å². The fourth-order valence-electron chi connectivity index (χ4n) is 2.69. The molecular weight excluding hydrogens is 400 g/mol. The van der Waals surface area contributed by atoms with Crippen molar-refractivity contribution in [1.82, 2.24) is 10.0 Å². The number of amides is 1. The number of sulfonamides is 1. The third-order valence-electron chi connectivity index (χ3n) is 3.90. The molecule has 1 heterocycles. The molecule has 0 bridgehead atoms. The van der Waals surface area contributed by atoms with E-state index in [9.17, 15) is 21.6 Å². The van der Waals surface area contributed by atoms with Gasteiger partial charge in [-0.15, -0.1) is 0 Å². The zero-order valence-electron chi connectivity index (χ0n) is 15.1. The Morgan fingerprint density at radius 3 is 2.44 bits per heavy atom. The van der Waals surface area contributed by atoms with Crippen LogP contribution in [-0.4, -0.2) is 67.3 Å². The fraction of sp³-hybridized carbons (Fsp3) is 0.533. The summed E-state index contributed by atoms with van der Waals surface area (Å²) in [5.41, 5.74) is 0. The van der Waals surface area contributed by atoms with E-state index in [4.69, 9.17) is 14.2 Å². The molecule has 1 aliphatic rings. The van der Waals surface area contributed by atoms with Crippen molar-refractivity contribution in [3.05, 3.63) is 18.2 Å². The molecule has 0 aliphatic carbocycles. The number of ether oxygens (including phenoxy) is 3. The average Bonchev–Trinajstić information content (AvgIpc) is 2.86. The van der Waals surface area contributed by atoms with Crippen molar-refractivity contribution in [2.45, 2.75) is 23.9 Å². The van der Waals surface area contributed by atoms with Crippen molar-refractivity contribution < 1.29 is 35.8 Å². The van der Waals surface area contributed by atoms with Gasteiger partial charge in [0.25, 0.3) is 0 Å². The van der Waals surface area contributed by atoms with Crippen LogP contribution in [0.4, 0.5) is 4.79 Å². The van der Waals surface area contributed by atoms with Crippen LogP contribution in [-0.2, 0) is 24.6 Å². The summed E-state index contributed by atoms with van der Waals surface area (Å²) >= 11 is 0. The Morgan fingerprint density at radius 1 is 1.19 bits per heavy atom. The number of rotatable bonds is 7. The minimum Gasteiger partial charge on any atom is -0.497 e. The second kappa shape index (κ2) is 8.31. The van der Waals surface area contributed by atoms with Crippen molar-refractivity contribution >= 4 is 26.0 Å². The van der Waals surface area contributed by atoms with E-state index in [2.05, 4.69) is 10.0 Å². The molecule has 12 heteroatoms. The second-order valence-corrected chi connectivity index (χ2v) is 9.63.